The van der Waals surface area contributed by atoms with Crippen LogP contribution < -0.4 is 10.6 Å². The standard InChI is InChI=1S/C16H17FN2O/c1-11-4-3-5-14(8-11)19-16(20)10-18-15-7-6-13(17)9-12(15)2/h3-9,18H,10H2,1-2H3,(H,19,20). The minimum atomic E-state index is -0.280. The topological polar surface area (TPSA) is 41.1 Å². The molecule has 0 heterocycles. The quantitative estimate of drug-likeness (QED) is 0.894. The van der Waals surface area contributed by atoms with Crippen LogP contribution in [-0.2, 0) is 4.79 Å². The van der Waals surface area contributed by atoms with E-state index in [4.69, 9.17) is 0 Å². The molecule has 2 rings (SSSR count). The fourth-order valence-electron chi connectivity index (χ4n) is 1.93. The molecule has 0 fully saturated rings. The van der Waals surface area contributed by atoms with E-state index in [2.05, 4.69) is 10.6 Å². The molecule has 0 aliphatic rings. The number of nitrogens with one attached hydrogen (secondary N) is 2. The number of halogens is 1. The van der Waals surface area contributed by atoms with Crippen LogP contribution in [0.5, 0.6) is 0 Å². The Morgan fingerprint density at radius 1 is 1.15 bits per heavy atom. The van der Waals surface area contributed by atoms with Gasteiger partial charge in [0.05, 0.1) is 6.54 Å². The lowest BCUT2D eigenvalue weighted by Gasteiger charge is -2.10. The number of amides is 1. The van der Waals surface area contributed by atoms with Crippen molar-refractivity contribution in [2.45, 2.75) is 13.8 Å². The van der Waals surface area contributed by atoms with Crippen LogP contribution in [0.4, 0.5) is 15.8 Å². The van der Waals surface area contributed by atoms with Gasteiger partial charge in [-0.15, -0.1) is 0 Å². The first-order valence-electron chi connectivity index (χ1n) is 6.41. The average molecular weight is 272 g/mol. The van der Waals surface area contributed by atoms with Gasteiger partial charge in [0, 0.05) is 11.4 Å². The van der Waals surface area contributed by atoms with Gasteiger partial charge in [0.1, 0.15) is 5.82 Å². The Hall–Kier alpha value is -2.36. The summed E-state index contributed by atoms with van der Waals surface area (Å²) in [5, 5.41) is 5.80. The molecule has 0 saturated heterocycles. The summed E-state index contributed by atoms with van der Waals surface area (Å²) in [6.07, 6.45) is 0. The van der Waals surface area contributed by atoms with Gasteiger partial charge in [-0.3, -0.25) is 4.79 Å². The van der Waals surface area contributed by atoms with Crippen molar-refractivity contribution in [3.63, 3.8) is 0 Å². The molecule has 1 amide bonds. The lowest BCUT2D eigenvalue weighted by Crippen LogP contribution is -2.22. The zero-order valence-corrected chi connectivity index (χ0v) is 11.5. The van der Waals surface area contributed by atoms with E-state index >= 15 is 0 Å². The van der Waals surface area contributed by atoms with E-state index in [1.165, 1.54) is 12.1 Å². The molecule has 104 valence electrons. The van der Waals surface area contributed by atoms with Gasteiger partial charge < -0.3 is 10.6 Å². The van der Waals surface area contributed by atoms with E-state index in [1.807, 2.05) is 31.2 Å². The zero-order chi connectivity index (χ0) is 14.5. The van der Waals surface area contributed by atoms with E-state index in [1.54, 1.807) is 13.0 Å². The van der Waals surface area contributed by atoms with Crippen LogP contribution in [0.1, 0.15) is 11.1 Å². The third-order valence-electron chi connectivity index (χ3n) is 2.93. The highest BCUT2D eigenvalue weighted by molar-refractivity contribution is 5.93. The lowest BCUT2D eigenvalue weighted by atomic mass is 10.2. The normalized spacial score (nSPS) is 10.2. The predicted octanol–water partition coefficient (Wildman–Crippen LogP) is 3.49. The molecule has 0 atom stereocenters. The van der Waals surface area contributed by atoms with Gasteiger partial charge in [-0.2, -0.15) is 0 Å². The van der Waals surface area contributed by atoms with Crippen molar-refractivity contribution in [3.05, 3.63) is 59.4 Å². The Morgan fingerprint density at radius 2 is 1.95 bits per heavy atom. The molecule has 0 aromatic heterocycles. The van der Waals surface area contributed by atoms with Crippen molar-refractivity contribution in [1.82, 2.24) is 0 Å². The minimum absolute atomic E-state index is 0.139. The SMILES string of the molecule is Cc1cccc(NC(=O)CNc2ccc(F)cc2C)c1. The number of rotatable bonds is 4. The Kier molecular flexibility index (Phi) is 4.35. The van der Waals surface area contributed by atoms with E-state index in [0.717, 1.165) is 22.5 Å². The van der Waals surface area contributed by atoms with E-state index in [-0.39, 0.29) is 18.3 Å². The first-order chi connectivity index (χ1) is 9.54. The highest BCUT2D eigenvalue weighted by atomic mass is 19.1. The molecule has 0 aliphatic carbocycles. The van der Waals surface area contributed by atoms with Gasteiger partial charge >= 0.3 is 0 Å². The zero-order valence-electron chi connectivity index (χ0n) is 11.5. The summed E-state index contributed by atoms with van der Waals surface area (Å²) in [7, 11) is 0. The fraction of sp³-hybridized carbons (Fsp3) is 0.188. The monoisotopic (exact) mass is 272 g/mol. The number of hydrogen-bond acceptors (Lipinski definition) is 2. The number of hydrogen-bond donors (Lipinski definition) is 2. The maximum atomic E-state index is 13.0. The van der Waals surface area contributed by atoms with E-state index in [0.29, 0.717) is 0 Å². The third kappa shape index (κ3) is 3.82. The molecule has 2 aromatic carbocycles. The van der Waals surface area contributed by atoms with Crippen LogP contribution in [0.25, 0.3) is 0 Å². The van der Waals surface area contributed by atoms with Gasteiger partial charge in [-0.25, -0.2) is 4.39 Å². The third-order valence-corrected chi connectivity index (χ3v) is 2.93. The lowest BCUT2D eigenvalue weighted by molar-refractivity contribution is -0.114. The van der Waals surface area contributed by atoms with Crippen molar-refractivity contribution in [2.24, 2.45) is 0 Å². The first kappa shape index (κ1) is 14.1. The van der Waals surface area contributed by atoms with Crippen LogP contribution in [0, 0.1) is 19.7 Å². The Bertz CT molecular complexity index is 626. The van der Waals surface area contributed by atoms with Crippen LogP contribution in [0.2, 0.25) is 0 Å². The van der Waals surface area contributed by atoms with Gasteiger partial charge in [0.2, 0.25) is 5.91 Å². The van der Waals surface area contributed by atoms with Gasteiger partial charge in [0.25, 0.3) is 0 Å². The van der Waals surface area contributed by atoms with Crippen molar-refractivity contribution < 1.29 is 9.18 Å². The summed E-state index contributed by atoms with van der Waals surface area (Å²) in [4.78, 5) is 11.8. The summed E-state index contributed by atoms with van der Waals surface area (Å²) in [5.74, 6) is -0.420. The van der Waals surface area contributed by atoms with Crippen LogP contribution in [-0.4, -0.2) is 12.5 Å². The molecule has 20 heavy (non-hydrogen) atoms. The smallest absolute Gasteiger partial charge is 0.243 e. The van der Waals surface area contributed by atoms with Gasteiger partial charge in [-0.1, -0.05) is 12.1 Å². The fourth-order valence-corrected chi connectivity index (χ4v) is 1.93. The van der Waals surface area contributed by atoms with E-state index in [9.17, 15) is 9.18 Å². The molecule has 2 N–H and O–H groups in total. The largest absolute Gasteiger partial charge is 0.376 e. The molecule has 0 radical (unpaired) electrons. The molecule has 2 aromatic rings. The number of carbonyl (C=O) groups is 1. The molecule has 0 saturated carbocycles. The Morgan fingerprint density at radius 3 is 2.65 bits per heavy atom. The van der Waals surface area contributed by atoms with Crippen LogP contribution in [0.3, 0.4) is 0 Å². The van der Waals surface area contributed by atoms with Crippen LogP contribution in [0.15, 0.2) is 42.5 Å². The van der Waals surface area contributed by atoms with Crippen molar-refractivity contribution in [3.8, 4) is 0 Å². The molecule has 0 bridgehead atoms. The van der Waals surface area contributed by atoms with E-state index < -0.39 is 0 Å². The van der Waals surface area contributed by atoms with Crippen molar-refractivity contribution in [1.29, 1.82) is 0 Å². The maximum Gasteiger partial charge on any atom is 0.243 e. The van der Waals surface area contributed by atoms with Gasteiger partial charge in [0.15, 0.2) is 0 Å². The first-order valence-corrected chi connectivity index (χ1v) is 6.41. The Balaban J connectivity index is 1.92. The molecule has 4 heteroatoms. The van der Waals surface area contributed by atoms with Gasteiger partial charge in [-0.05, 0) is 55.3 Å². The maximum absolute atomic E-state index is 13.0. The highest BCUT2D eigenvalue weighted by Crippen LogP contribution is 2.15. The summed E-state index contributed by atoms with van der Waals surface area (Å²) < 4.78 is 13.0. The molecular formula is C16H17FN2O. The summed E-state index contributed by atoms with van der Waals surface area (Å²) >= 11 is 0. The highest BCUT2D eigenvalue weighted by Gasteiger charge is 2.04. The number of aryl methyl sites for hydroxylation is 2. The molecule has 0 spiro atoms. The second kappa shape index (κ2) is 6.19. The molecule has 3 nitrogen and oxygen atoms in total. The minimum Gasteiger partial charge on any atom is -0.376 e. The second-order valence-electron chi connectivity index (χ2n) is 4.73. The summed E-state index contributed by atoms with van der Waals surface area (Å²) in [6, 6.07) is 12.0. The molecule has 0 aliphatic heterocycles. The molecule has 0 unspecified atom stereocenters. The average Bonchev–Trinajstić information content (AvgIpc) is 2.37. The summed E-state index contributed by atoms with van der Waals surface area (Å²) in [6.45, 7) is 3.90. The van der Waals surface area contributed by atoms with Crippen molar-refractivity contribution in [2.75, 3.05) is 17.2 Å². The number of carbonyl (C=O) groups excluding carboxylic acids is 1. The number of benzene rings is 2. The number of anilines is 2. The Labute approximate surface area is 117 Å². The van der Waals surface area contributed by atoms with Crippen molar-refractivity contribution >= 4 is 17.3 Å². The predicted molar refractivity (Wildman–Crippen MR) is 79.4 cm³/mol. The molecular weight excluding hydrogens is 255 g/mol. The van der Waals surface area contributed by atoms with Crippen LogP contribution >= 0.6 is 0 Å². The second-order valence-corrected chi connectivity index (χ2v) is 4.73. The summed E-state index contributed by atoms with van der Waals surface area (Å²) in [5.41, 5.74) is 3.39.